The van der Waals surface area contributed by atoms with Crippen molar-refractivity contribution in [3.8, 4) is 11.5 Å². The van der Waals surface area contributed by atoms with Gasteiger partial charge in [0.15, 0.2) is 11.5 Å². The van der Waals surface area contributed by atoms with E-state index in [2.05, 4.69) is 11.8 Å². The van der Waals surface area contributed by atoms with Crippen LogP contribution in [-0.4, -0.2) is 67.9 Å². The van der Waals surface area contributed by atoms with Crippen LogP contribution in [0.3, 0.4) is 0 Å². The van der Waals surface area contributed by atoms with Crippen molar-refractivity contribution in [3.63, 3.8) is 0 Å². The number of carbonyl (C=O) groups excluding carboxylic acids is 1. The lowest BCUT2D eigenvalue weighted by Gasteiger charge is -2.35. The van der Waals surface area contributed by atoms with Gasteiger partial charge in [0.05, 0.1) is 19.5 Å². The third-order valence-electron chi connectivity index (χ3n) is 4.15. The van der Waals surface area contributed by atoms with Crippen LogP contribution in [0.25, 0.3) is 0 Å². The zero-order valence-electron chi connectivity index (χ0n) is 14.4. The van der Waals surface area contributed by atoms with E-state index < -0.39 is 0 Å². The lowest BCUT2D eigenvalue weighted by atomic mass is 10.3. The summed E-state index contributed by atoms with van der Waals surface area (Å²) in [6.45, 7) is 8.76. The normalized spacial score (nSPS) is 17.0. The molecule has 128 valence electrons. The molecule has 0 aliphatic carbocycles. The van der Waals surface area contributed by atoms with Crippen LogP contribution < -0.4 is 9.47 Å². The fraction of sp³-hybridized carbons (Fsp3) is 0.588. The van der Waals surface area contributed by atoms with E-state index in [0.29, 0.717) is 11.5 Å². The molecule has 1 fully saturated rings. The molecule has 1 atom stereocenters. The van der Waals surface area contributed by atoms with Crippen molar-refractivity contribution < 1.29 is 14.3 Å². The van der Waals surface area contributed by atoms with Crippen molar-refractivity contribution in [1.29, 1.82) is 0 Å². The maximum atomic E-state index is 12.6. The van der Waals surface area contributed by atoms with E-state index >= 15 is 0 Å². The number of benzene rings is 1. The van der Waals surface area contributed by atoms with Gasteiger partial charge in [-0.2, -0.15) is 0 Å². The Hall–Kier alpha value is -1.40. The Morgan fingerprint density at radius 1 is 1.17 bits per heavy atom. The number of nitrogens with zero attached hydrogens (tertiary/aromatic N) is 2. The molecule has 2 rings (SSSR count). The molecule has 1 aliphatic rings. The number of thioether (sulfide) groups is 1. The highest BCUT2D eigenvalue weighted by Gasteiger charge is 2.25. The van der Waals surface area contributed by atoms with E-state index in [9.17, 15) is 4.79 Å². The molecule has 0 N–H and O–H groups in total. The van der Waals surface area contributed by atoms with Crippen LogP contribution >= 0.6 is 11.8 Å². The highest BCUT2D eigenvalue weighted by Crippen LogP contribution is 2.33. The third kappa shape index (κ3) is 4.54. The zero-order valence-corrected chi connectivity index (χ0v) is 15.2. The Morgan fingerprint density at radius 2 is 1.83 bits per heavy atom. The Labute approximate surface area is 142 Å². The molecule has 0 spiro atoms. The van der Waals surface area contributed by atoms with Crippen LogP contribution in [0.2, 0.25) is 0 Å². The van der Waals surface area contributed by atoms with Crippen molar-refractivity contribution in [2.45, 2.75) is 24.0 Å². The first-order valence-corrected chi connectivity index (χ1v) is 8.86. The van der Waals surface area contributed by atoms with E-state index in [-0.39, 0.29) is 11.2 Å². The number of ether oxygens (including phenoxy) is 2. The third-order valence-corrected chi connectivity index (χ3v) is 5.23. The monoisotopic (exact) mass is 338 g/mol. The summed E-state index contributed by atoms with van der Waals surface area (Å²) in [5.74, 6) is 1.60. The fourth-order valence-corrected chi connectivity index (χ4v) is 3.67. The second-order valence-corrected chi connectivity index (χ2v) is 6.95. The minimum Gasteiger partial charge on any atom is -0.493 e. The predicted molar refractivity (Wildman–Crippen MR) is 93.6 cm³/mol. The van der Waals surface area contributed by atoms with E-state index in [1.807, 2.05) is 30.0 Å². The minimum atomic E-state index is -0.110. The maximum absolute atomic E-state index is 12.6. The summed E-state index contributed by atoms with van der Waals surface area (Å²) < 4.78 is 10.6. The van der Waals surface area contributed by atoms with Gasteiger partial charge in [-0.05, 0) is 31.7 Å². The number of methoxy groups -OCH3 is 2. The smallest absolute Gasteiger partial charge is 0.235 e. The summed E-state index contributed by atoms with van der Waals surface area (Å²) in [4.78, 5) is 18.0. The van der Waals surface area contributed by atoms with E-state index in [1.54, 1.807) is 26.0 Å². The number of amides is 1. The largest absolute Gasteiger partial charge is 0.493 e. The molecule has 0 radical (unpaired) electrons. The molecular weight excluding hydrogens is 312 g/mol. The van der Waals surface area contributed by atoms with Crippen molar-refractivity contribution in [2.75, 3.05) is 46.9 Å². The van der Waals surface area contributed by atoms with Gasteiger partial charge in [-0.3, -0.25) is 4.79 Å². The molecule has 1 aromatic rings. The molecule has 0 unspecified atom stereocenters. The summed E-state index contributed by atoms with van der Waals surface area (Å²) in [6, 6.07) is 5.76. The second-order valence-electron chi connectivity index (χ2n) is 5.54. The average molecular weight is 338 g/mol. The van der Waals surface area contributed by atoms with Crippen LogP contribution in [0, 0.1) is 0 Å². The first kappa shape index (κ1) is 17.9. The molecular formula is C17H26N2O3S. The highest BCUT2D eigenvalue weighted by atomic mass is 32.2. The van der Waals surface area contributed by atoms with Crippen molar-refractivity contribution in [2.24, 2.45) is 0 Å². The van der Waals surface area contributed by atoms with Crippen LogP contribution in [0.1, 0.15) is 13.8 Å². The van der Waals surface area contributed by atoms with E-state index in [1.165, 1.54) is 0 Å². The van der Waals surface area contributed by atoms with Gasteiger partial charge >= 0.3 is 0 Å². The number of carbonyl (C=O) groups is 1. The zero-order chi connectivity index (χ0) is 16.8. The summed E-state index contributed by atoms with van der Waals surface area (Å²) in [7, 11) is 3.24. The minimum absolute atomic E-state index is 0.110. The van der Waals surface area contributed by atoms with Gasteiger partial charge in [0, 0.05) is 31.1 Å². The topological polar surface area (TPSA) is 42.0 Å². The Morgan fingerprint density at radius 3 is 2.39 bits per heavy atom. The van der Waals surface area contributed by atoms with Crippen LogP contribution in [0.4, 0.5) is 0 Å². The number of rotatable bonds is 6. The Balaban J connectivity index is 1.96. The number of likely N-dealkylation sites (N-methyl/N-ethyl adjacent to an activating group) is 1. The van der Waals surface area contributed by atoms with Crippen molar-refractivity contribution in [1.82, 2.24) is 9.80 Å². The van der Waals surface area contributed by atoms with Crippen LogP contribution in [0.5, 0.6) is 11.5 Å². The molecule has 5 nitrogen and oxygen atoms in total. The van der Waals surface area contributed by atoms with Crippen molar-refractivity contribution >= 4 is 17.7 Å². The van der Waals surface area contributed by atoms with Gasteiger partial charge in [-0.15, -0.1) is 11.8 Å². The molecule has 0 bridgehead atoms. The molecule has 1 saturated heterocycles. The van der Waals surface area contributed by atoms with Gasteiger partial charge in [0.1, 0.15) is 0 Å². The molecule has 1 aromatic carbocycles. The summed E-state index contributed by atoms with van der Waals surface area (Å²) in [5, 5.41) is -0.110. The standard InChI is InChI=1S/C17H26N2O3S/c1-5-18-8-10-19(11-9-18)17(20)13(2)23-14-6-7-15(21-3)16(12-14)22-4/h6-7,12-13H,5,8-11H2,1-4H3/t13-/m0/s1. The first-order chi connectivity index (χ1) is 11.1. The predicted octanol–water partition coefficient (Wildman–Crippen LogP) is 2.35. The maximum Gasteiger partial charge on any atom is 0.235 e. The highest BCUT2D eigenvalue weighted by molar-refractivity contribution is 8.00. The van der Waals surface area contributed by atoms with Gasteiger partial charge in [-0.1, -0.05) is 6.92 Å². The van der Waals surface area contributed by atoms with Crippen LogP contribution in [-0.2, 0) is 4.79 Å². The summed E-state index contributed by atoms with van der Waals surface area (Å²) >= 11 is 1.56. The average Bonchev–Trinajstić information content (AvgIpc) is 2.60. The molecule has 0 saturated carbocycles. The van der Waals surface area contributed by atoms with Gasteiger partial charge < -0.3 is 19.3 Å². The first-order valence-electron chi connectivity index (χ1n) is 7.98. The van der Waals surface area contributed by atoms with E-state index in [0.717, 1.165) is 37.6 Å². The summed E-state index contributed by atoms with van der Waals surface area (Å²) in [6.07, 6.45) is 0. The van der Waals surface area contributed by atoms with Crippen molar-refractivity contribution in [3.05, 3.63) is 18.2 Å². The molecule has 1 heterocycles. The van der Waals surface area contributed by atoms with Gasteiger partial charge in [-0.25, -0.2) is 0 Å². The Bertz CT molecular complexity index is 531. The quantitative estimate of drug-likeness (QED) is 0.745. The van der Waals surface area contributed by atoms with Gasteiger partial charge in [0.2, 0.25) is 5.91 Å². The molecule has 1 aliphatic heterocycles. The van der Waals surface area contributed by atoms with Gasteiger partial charge in [0.25, 0.3) is 0 Å². The van der Waals surface area contributed by atoms with E-state index in [4.69, 9.17) is 9.47 Å². The lowest BCUT2D eigenvalue weighted by Crippen LogP contribution is -2.50. The lowest BCUT2D eigenvalue weighted by molar-refractivity contribution is -0.132. The number of hydrogen-bond donors (Lipinski definition) is 0. The fourth-order valence-electron chi connectivity index (χ4n) is 2.69. The number of hydrogen-bond acceptors (Lipinski definition) is 5. The second kappa shape index (κ2) is 8.45. The summed E-state index contributed by atoms with van der Waals surface area (Å²) in [5.41, 5.74) is 0. The molecule has 1 amide bonds. The Kier molecular flexibility index (Phi) is 6.59. The molecule has 0 aromatic heterocycles. The van der Waals surface area contributed by atoms with Crippen LogP contribution in [0.15, 0.2) is 23.1 Å². The SMILES string of the molecule is CCN1CCN(C(=O)[C@H](C)Sc2ccc(OC)c(OC)c2)CC1. The molecule has 23 heavy (non-hydrogen) atoms. The number of piperazine rings is 1. The molecule has 6 heteroatoms.